The van der Waals surface area contributed by atoms with Gasteiger partial charge in [-0.15, -0.1) is 22.7 Å². The molecule has 2 rings (SSSR count). The normalized spacial score (nSPS) is 11.9. The Labute approximate surface area is 160 Å². The van der Waals surface area contributed by atoms with Crippen molar-refractivity contribution >= 4 is 55.3 Å². The van der Waals surface area contributed by atoms with Gasteiger partial charge in [-0.3, -0.25) is 4.79 Å². The average Bonchev–Trinajstić information content (AvgIpc) is 3.14. The number of aromatic nitrogens is 1. The lowest BCUT2D eigenvalue weighted by molar-refractivity contribution is -0.116. The number of sulfonamides is 1. The lowest BCUT2D eigenvalue weighted by Gasteiger charge is -2.15. The van der Waals surface area contributed by atoms with E-state index in [1.54, 1.807) is 0 Å². The molecule has 0 saturated carbocycles. The summed E-state index contributed by atoms with van der Waals surface area (Å²) in [6.07, 6.45) is 2.70. The Bertz CT molecular complexity index is 845. The second-order valence-electron chi connectivity index (χ2n) is 5.36. The highest BCUT2D eigenvalue weighted by Gasteiger charge is 2.25. The summed E-state index contributed by atoms with van der Waals surface area (Å²) in [6, 6.07) is 2.95. The number of rotatable bonds is 8. The van der Waals surface area contributed by atoms with Crippen molar-refractivity contribution in [1.82, 2.24) is 9.29 Å². The van der Waals surface area contributed by atoms with E-state index in [0.29, 0.717) is 9.47 Å². The predicted octanol–water partition coefficient (Wildman–Crippen LogP) is 3.63. The highest BCUT2D eigenvalue weighted by atomic mass is 35.5. The van der Waals surface area contributed by atoms with E-state index in [2.05, 4.69) is 17.2 Å². The van der Waals surface area contributed by atoms with Crippen LogP contribution < -0.4 is 5.32 Å². The summed E-state index contributed by atoms with van der Waals surface area (Å²) in [7, 11) is -2.37. The van der Waals surface area contributed by atoms with Crippen molar-refractivity contribution in [2.45, 2.75) is 37.3 Å². The third-order valence-electron chi connectivity index (χ3n) is 3.41. The Hall–Kier alpha value is -1.000. The number of likely N-dealkylation sites (N-methyl/N-ethyl adjacent to an activating group) is 1. The van der Waals surface area contributed by atoms with E-state index in [4.69, 9.17) is 11.6 Å². The van der Waals surface area contributed by atoms with Crippen molar-refractivity contribution < 1.29 is 13.2 Å². The van der Waals surface area contributed by atoms with Gasteiger partial charge in [0.1, 0.15) is 4.21 Å². The maximum absolute atomic E-state index is 12.4. The molecule has 2 aromatic heterocycles. The maximum Gasteiger partial charge on any atom is 0.252 e. The van der Waals surface area contributed by atoms with Crippen molar-refractivity contribution in [3.05, 3.63) is 27.0 Å². The molecule has 1 amide bonds. The van der Waals surface area contributed by atoms with Crippen LogP contribution in [-0.2, 0) is 27.7 Å². The lowest BCUT2D eigenvalue weighted by Crippen LogP contribution is -2.34. The van der Waals surface area contributed by atoms with E-state index >= 15 is 0 Å². The lowest BCUT2D eigenvalue weighted by atomic mass is 10.2. The minimum atomic E-state index is -3.73. The van der Waals surface area contributed by atoms with Gasteiger partial charge in [0.2, 0.25) is 5.91 Å². The molecule has 0 aliphatic rings. The van der Waals surface area contributed by atoms with Gasteiger partial charge in [-0.25, -0.2) is 13.4 Å². The summed E-state index contributed by atoms with van der Waals surface area (Å²) in [4.78, 5) is 17.8. The van der Waals surface area contributed by atoms with Gasteiger partial charge < -0.3 is 5.32 Å². The minimum absolute atomic E-state index is 0.112. The summed E-state index contributed by atoms with van der Waals surface area (Å²) < 4.78 is 26.3. The van der Waals surface area contributed by atoms with Crippen molar-refractivity contribution in [1.29, 1.82) is 0 Å². The Kier molecular flexibility index (Phi) is 6.98. The zero-order chi connectivity index (χ0) is 18.6. The van der Waals surface area contributed by atoms with Gasteiger partial charge in [0.15, 0.2) is 5.13 Å². The zero-order valence-electron chi connectivity index (χ0n) is 14.2. The van der Waals surface area contributed by atoms with Gasteiger partial charge in [0.05, 0.1) is 16.6 Å². The van der Waals surface area contributed by atoms with Crippen LogP contribution in [0.5, 0.6) is 0 Å². The number of anilines is 1. The monoisotopic (exact) mass is 421 g/mol. The Morgan fingerprint density at radius 3 is 2.60 bits per heavy atom. The summed E-state index contributed by atoms with van der Waals surface area (Å²) in [5.74, 6) is -0.423. The van der Waals surface area contributed by atoms with Crippen LogP contribution in [0.4, 0.5) is 5.13 Å². The molecule has 25 heavy (non-hydrogen) atoms. The Morgan fingerprint density at radius 2 is 2.04 bits per heavy atom. The first-order valence-electron chi connectivity index (χ1n) is 7.78. The average molecular weight is 422 g/mol. The molecule has 0 atom stereocenters. The fourth-order valence-electron chi connectivity index (χ4n) is 2.18. The molecule has 6 nitrogen and oxygen atoms in total. The number of hydrogen-bond acceptors (Lipinski definition) is 6. The van der Waals surface area contributed by atoms with Crippen LogP contribution in [0.15, 0.2) is 16.3 Å². The molecule has 0 spiro atoms. The first kappa shape index (κ1) is 20.3. The number of thiazole rings is 1. The van der Waals surface area contributed by atoms with Crippen LogP contribution >= 0.6 is 34.3 Å². The SMILES string of the molecule is CCCc1nc(NC(=O)CN(C)S(=O)(=O)c2ccc(Cl)s2)sc1CC. The molecule has 2 aromatic rings. The number of amides is 1. The summed E-state index contributed by atoms with van der Waals surface area (Å²) in [5, 5.41) is 3.20. The molecular formula is C15H20ClN3O3S3. The van der Waals surface area contributed by atoms with Crippen LogP contribution in [0, 0.1) is 0 Å². The molecule has 1 N–H and O–H groups in total. The van der Waals surface area contributed by atoms with Gasteiger partial charge in [-0.1, -0.05) is 31.9 Å². The molecule has 0 aliphatic carbocycles. The zero-order valence-corrected chi connectivity index (χ0v) is 17.4. The van der Waals surface area contributed by atoms with Gasteiger partial charge in [0, 0.05) is 11.9 Å². The molecular weight excluding hydrogens is 402 g/mol. The molecule has 0 unspecified atom stereocenters. The highest BCUT2D eigenvalue weighted by molar-refractivity contribution is 7.91. The van der Waals surface area contributed by atoms with Crippen molar-refractivity contribution in [3.8, 4) is 0 Å². The summed E-state index contributed by atoms with van der Waals surface area (Å²) in [5.41, 5.74) is 1.000. The predicted molar refractivity (Wildman–Crippen MR) is 103 cm³/mol. The van der Waals surface area contributed by atoms with Crippen LogP contribution in [0.25, 0.3) is 0 Å². The number of aryl methyl sites for hydroxylation is 2. The quantitative estimate of drug-likeness (QED) is 0.705. The molecule has 2 heterocycles. The van der Waals surface area contributed by atoms with Crippen LogP contribution in [0.3, 0.4) is 0 Å². The first-order chi connectivity index (χ1) is 11.8. The number of nitrogens with one attached hydrogen (secondary N) is 1. The van der Waals surface area contributed by atoms with E-state index in [0.717, 1.165) is 45.5 Å². The van der Waals surface area contributed by atoms with Crippen LogP contribution in [-0.4, -0.2) is 37.2 Å². The fourth-order valence-corrected chi connectivity index (χ4v) is 5.97. The number of nitrogens with zero attached hydrogens (tertiary/aromatic N) is 2. The number of carbonyl (C=O) groups is 1. The third-order valence-corrected chi connectivity index (χ3v) is 8.07. The van der Waals surface area contributed by atoms with E-state index in [1.165, 1.54) is 30.5 Å². The smallest absolute Gasteiger partial charge is 0.252 e. The molecule has 0 fully saturated rings. The van der Waals surface area contributed by atoms with Gasteiger partial charge in [-0.2, -0.15) is 4.31 Å². The fraction of sp³-hybridized carbons (Fsp3) is 0.467. The number of carbonyl (C=O) groups excluding carboxylic acids is 1. The minimum Gasteiger partial charge on any atom is -0.301 e. The summed E-state index contributed by atoms with van der Waals surface area (Å²) >= 11 is 8.19. The molecule has 0 bridgehead atoms. The van der Waals surface area contributed by atoms with Crippen molar-refractivity contribution in [2.75, 3.05) is 18.9 Å². The third kappa shape index (κ3) is 5.01. The largest absolute Gasteiger partial charge is 0.301 e. The number of halogens is 1. The molecule has 0 saturated heterocycles. The van der Waals surface area contributed by atoms with E-state index < -0.39 is 15.9 Å². The number of thiophene rings is 1. The van der Waals surface area contributed by atoms with Gasteiger partial charge in [0.25, 0.3) is 10.0 Å². The van der Waals surface area contributed by atoms with E-state index in [9.17, 15) is 13.2 Å². The van der Waals surface area contributed by atoms with Gasteiger partial charge in [-0.05, 0) is 25.0 Å². The second-order valence-corrected chi connectivity index (χ2v) is 10.4. The Morgan fingerprint density at radius 1 is 1.32 bits per heavy atom. The number of hydrogen-bond donors (Lipinski definition) is 1. The van der Waals surface area contributed by atoms with Crippen LogP contribution in [0.2, 0.25) is 4.34 Å². The molecule has 0 aliphatic heterocycles. The van der Waals surface area contributed by atoms with Gasteiger partial charge >= 0.3 is 0 Å². The van der Waals surface area contributed by atoms with E-state index in [-0.39, 0.29) is 10.8 Å². The standard InChI is InChI=1S/C15H20ClN3O3S3/c1-4-6-10-11(5-2)23-15(17-10)18-13(20)9-19(3)25(21,22)14-8-7-12(16)24-14/h7-8H,4-6,9H2,1-3H3,(H,17,18,20). The molecule has 0 aromatic carbocycles. The molecule has 0 radical (unpaired) electrons. The molecule has 138 valence electrons. The first-order valence-corrected chi connectivity index (χ1v) is 11.2. The summed E-state index contributed by atoms with van der Waals surface area (Å²) in [6.45, 7) is 3.83. The maximum atomic E-state index is 12.4. The van der Waals surface area contributed by atoms with Crippen LogP contribution in [0.1, 0.15) is 30.8 Å². The van der Waals surface area contributed by atoms with Crippen molar-refractivity contribution in [3.63, 3.8) is 0 Å². The van der Waals surface area contributed by atoms with E-state index in [1.807, 2.05) is 6.92 Å². The second kappa shape index (κ2) is 8.59. The molecule has 10 heteroatoms. The topological polar surface area (TPSA) is 79.4 Å². The van der Waals surface area contributed by atoms with Crippen molar-refractivity contribution in [2.24, 2.45) is 0 Å². The highest BCUT2D eigenvalue weighted by Crippen LogP contribution is 2.28. The Balaban J connectivity index is 2.04.